The smallest absolute Gasteiger partial charge is 0.312 e. The zero-order valence-electron chi connectivity index (χ0n) is 13.8. The number of carbonyl (C=O) groups excluding carboxylic acids is 1. The number of hydrogen-bond acceptors (Lipinski definition) is 2. The summed E-state index contributed by atoms with van der Waals surface area (Å²) in [7, 11) is 1.71. The molecule has 12 aliphatic rings. The van der Waals surface area contributed by atoms with Gasteiger partial charge in [-0.1, -0.05) is 0 Å². The fraction of sp³-hybridized carbons (Fsp3) is 0.955. The SMILES string of the molecule is COC(=O)C12C3C4C5C6C7C8C5C3C3C8C5C7C7C6C4C1C7C5C32. The summed E-state index contributed by atoms with van der Waals surface area (Å²) in [4.78, 5) is 13.5. The van der Waals surface area contributed by atoms with E-state index in [9.17, 15) is 4.79 Å². The van der Waals surface area contributed by atoms with Gasteiger partial charge in [-0.15, -0.1) is 0 Å². The second-order valence-electron chi connectivity index (χ2n) is 12.2. The quantitative estimate of drug-likeness (QED) is 0.691. The highest BCUT2D eigenvalue weighted by Crippen LogP contribution is 3.04. The lowest BCUT2D eigenvalue weighted by atomic mass is 9.66. The minimum Gasteiger partial charge on any atom is -0.469 e. The monoisotopic (exact) mass is 318 g/mol. The molecule has 2 nitrogen and oxygen atoms in total. The molecule has 0 spiro atoms. The van der Waals surface area contributed by atoms with Gasteiger partial charge in [-0.2, -0.15) is 0 Å². The summed E-state index contributed by atoms with van der Waals surface area (Å²) in [5.74, 6) is 19.9. The Labute approximate surface area is 141 Å². The highest BCUT2D eigenvalue weighted by Gasteiger charge is 3.03. The number of ether oxygens (including phenoxy) is 1. The summed E-state index contributed by atoms with van der Waals surface area (Å²) < 4.78 is 5.65. The summed E-state index contributed by atoms with van der Waals surface area (Å²) in [6, 6.07) is 0. The summed E-state index contributed by atoms with van der Waals surface area (Å²) in [6.45, 7) is 0. The van der Waals surface area contributed by atoms with Crippen molar-refractivity contribution in [3.05, 3.63) is 0 Å². The van der Waals surface area contributed by atoms with Crippen LogP contribution in [0.2, 0.25) is 0 Å². The third-order valence-corrected chi connectivity index (χ3v) is 14.0. The Morgan fingerprint density at radius 1 is 0.542 bits per heavy atom. The molecule has 2 heteroatoms. The van der Waals surface area contributed by atoms with Crippen LogP contribution >= 0.6 is 0 Å². The van der Waals surface area contributed by atoms with E-state index in [2.05, 4.69) is 0 Å². The molecule has 0 aromatic rings. The van der Waals surface area contributed by atoms with Crippen molar-refractivity contribution >= 4 is 5.97 Å². The van der Waals surface area contributed by atoms with Crippen LogP contribution in [0.1, 0.15) is 0 Å². The van der Waals surface area contributed by atoms with E-state index >= 15 is 0 Å². The Kier molecular flexibility index (Phi) is 1.03. The number of methoxy groups -OCH3 is 1. The molecule has 0 aromatic carbocycles. The first-order valence-electron chi connectivity index (χ1n) is 10.9. The molecular formula is C22H22O2. The van der Waals surface area contributed by atoms with Crippen molar-refractivity contribution < 1.29 is 9.53 Å². The number of esters is 1. The zero-order valence-corrected chi connectivity index (χ0v) is 13.8. The molecule has 0 aromatic heterocycles. The van der Waals surface area contributed by atoms with Crippen molar-refractivity contribution in [3.63, 3.8) is 0 Å². The third-order valence-electron chi connectivity index (χ3n) is 14.0. The van der Waals surface area contributed by atoms with Gasteiger partial charge in [0.15, 0.2) is 0 Å². The van der Waals surface area contributed by atoms with Crippen LogP contribution in [0, 0.1) is 118 Å². The molecule has 0 aliphatic heterocycles. The van der Waals surface area contributed by atoms with Gasteiger partial charge in [-0.3, -0.25) is 4.79 Å². The van der Waals surface area contributed by atoms with E-state index in [0.29, 0.717) is 5.97 Å². The molecule has 0 saturated heterocycles. The molecule has 0 radical (unpaired) electrons. The average molecular weight is 318 g/mol. The molecule has 0 heterocycles. The van der Waals surface area contributed by atoms with Gasteiger partial charge in [0.25, 0.3) is 0 Å². The van der Waals surface area contributed by atoms with Gasteiger partial charge >= 0.3 is 5.97 Å². The van der Waals surface area contributed by atoms with E-state index in [0.717, 1.165) is 107 Å². The van der Waals surface area contributed by atoms with Crippen LogP contribution in [-0.4, -0.2) is 13.1 Å². The first-order chi connectivity index (χ1) is 11.8. The second kappa shape index (κ2) is 2.34. The Morgan fingerprint density at radius 2 is 0.792 bits per heavy atom. The van der Waals surface area contributed by atoms with E-state index in [4.69, 9.17) is 4.74 Å². The highest BCUT2D eigenvalue weighted by molar-refractivity contribution is 5.82. The summed E-state index contributed by atoms with van der Waals surface area (Å²) >= 11 is 0. The molecular weight excluding hydrogens is 296 g/mol. The molecule has 12 rings (SSSR count). The maximum Gasteiger partial charge on any atom is 0.312 e. The number of rotatable bonds is 1. The molecule has 24 heavy (non-hydrogen) atoms. The van der Waals surface area contributed by atoms with Crippen molar-refractivity contribution in [1.82, 2.24) is 0 Å². The molecule has 12 unspecified atom stereocenters. The van der Waals surface area contributed by atoms with Crippen molar-refractivity contribution in [2.24, 2.45) is 118 Å². The van der Waals surface area contributed by atoms with Crippen LogP contribution in [0.15, 0.2) is 0 Å². The van der Waals surface area contributed by atoms with Crippen LogP contribution in [0.3, 0.4) is 0 Å². The Bertz CT molecular complexity index is 716. The molecule has 12 fully saturated rings. The Balaban J connectivity index is 1.41. The minimum atomic E-state index is 0.0484. The molecule has 12 atom stereocenters. The van der Waals surface area contributed by atoms with Crippen LogP contribution in [-0.2, 0) is 9.53 Å². The molecule has 12 saturated carbocycles. The van der Waals surface area contributed by atoms with Crippen molar-refractivity contribution in [2.45, 2.75) is 0 Å². The van der Waals surface area contributed by atoms with Crippen molar-refractivity contribution in [2.75, 3.05) is 7.11 Å². The lowest BCUT2D eigenvalue weighted by Crippen LogP contribution is -2.43. The van der Waals surface area contributed by atoms with E-state index in [-0.39, 0.29) is 5.41 Å². The van der Waals surface area contributed by atoms with Gasteiger partial charge in [0.2, 0.25) is 0 Å². The molecule has 12 aliphatic carbocycles. The fourth-order valence-electron chi connectivity index (χ4n) is 16.0. The fourth-order valence-corrected chi connectivity index (χ4v) is 16.0. The Hall–Kier alpha value is -0.530. The number of carbonyl (C=O) groups is 1. The second-order valence-corrected chi connectivity index (χ2v) is 12.2. The van der Waals surface area contributed by atoms with Gasteiger partial charge in [0.05, 0.1) is 12.5 Å². The van der Waals surface area contributed by atoms with Crippen molar-refractivity contribution in [3.8, 4) is 0 Å². The van der Waals surface area contributed by atoms with Gasteiger partial charge in [0.1, 0.15) is 0 Å². The average Bonchev–Trinajstić information content (AvgIpc) is 3.24. The normalized spacial score (nSPS) is 94.8. The summed E-state index contributed by atoms with van der Waals surface area (Å²) in [5, 5.41) is 0. The number of hydrogen-bond donors (Lipinski definition) is 0. The largest absolute Gasteiger partial charge is 0.469 e. The first-order valence-corrected chi connectivity index (χ1v) is 10.9. The predicted octanol–water partition coefficient (Wildman–Crippen LogP) is 2.00. The van der Waals surface area contributed by atoms with Gasteiger partial charge in [0, 0.05) is 0 Å². The first kappa shape index (κ1) is 10.6. The topological polar surface area (TPSA) is 26.3 Å². The van der Waals surface area contributed by atoms with Gasteiger partial charge < -0.3 is 4.74 Å². The molecule has 0 amide bonds. The van der Waals surface area contributed by atoms with Gasteiger partial charge in [-0.25, -0.2) is 0 Å². The van der Waals surface area contributed by atoms with Crippen molar-refractivity contribution in [1.29, 1.82) is 0 Å². The summed E-state index contributed by atoms with van der Waals surface area (Å²) in [5.41, 5.74) is 0.0484. The standard InChI is InChI=1S/C22H22O2/c1-24-21(23)22-18-12-6-3-2-4-8(6)14(18)16-10(4)11-5(2)9-7(3)13(12)19(22)15(9)17(11)20(16)22/h2-20H,1H3. The molecule has 122 valence electrons. The lowest BCUT2D eigenvalue weighted by Gasteiger charge is -2.37. The van der Waals surface area contributed by atoms with Crippen LogP contribution in [0.5, 0.6) is 0 Å². The van der Waals surface area contributed by atoms with E-state index < -0.39 is 0 Å². The molecule has 0 N–H and O–H groups in total. The van der Waals surface area contributed by atoms with E-state index in [1.54, 1.807) is 7.11 Å². The minimum absolute atomic E-state index is 0.0484. The van der Waals surface area contributed by atoms with Crippen LogP contribution in [0.25, 0.3) is 0 Å². The van der Waals surface area contributed by atoms with E-state index in [1.807, 2.05) is 0 Å². The highest BCUT2D eigenvalue weighted by atomic mass is 16.5. The Morgan fingerprint density at radius 3 is 1.04 bits per heavy atom. The third kappa shape index (κ3) is 0.505. The molecule has 0 bridgehead atoms. The lowest BCUT2D eigenvalue weighted by molar-refractivity contribution is -0.160. The van der Waals surface area contributed by atoms with Crippen LogP contribution in [0.4, 0.5) is 0 Å². The van der Waals surface area contributed by atoms with Gasteiger partial charge in [-0.05, 0) is 112 Å². The maximum absolute atomic E-state index is 13.5. The van der Waals surface area contributed by atoms with E-state index in [1.165, 1.54) is 5.92 Å². The van der Waals surface area contributed by atoms with Crippen LogP contribution < -0.4 is 0 Å². The maximum atomic E-state index is 13.5. The summed E-state index contributed by atoms with van der Waals surface area (Å²) in [6.07, 6.45) is 0. The zero-order chi connectivity index (χ0) is 14.8. The predicted molar refractivity (Wildman–Crippen MR) is 80.8 cm³/mol.